The van der Waals surface area contributed by atoms with E-state index in [-0.39, 0.29) is 11.4 Å². The highest BCUT2D eigenvalue weighted by molar-refractivity contribution is 6.04. The molecular weight excluding hydrogens is 249 g/mol. The SMILES string of the molecule is COc1ccc(F)c(NC(=O)c2ccc(O)cc2)c1. The van der Waals surface area contributed by atoms with Gasteiger partial charge in [0.15, 0.2) is 0 Å². The van der Waals surface area contributed by atoms with Gasteiger partial charge < -0.3 is 15.2 Å². The maximum Gasteiger partial charge on any atom is 0.255 e. The van der Waals surface area contributed by atoms with E-state index in [4.69, 9.17) is 9.84 Å². The van der Waals surface area contributed by atoms with Crippen LogP contribution in [0.25, 0.3) is 0 Å². The molecule has 2 rings (SSSR count). The number of halogens is 1. The third-order valence-corrected chi connectivity index (χ3v) is 2.55. The van der Waals surface area contributed by atoms with E-state index >= 15 is 0 Å². The van der Waals surface area contributed by atoms with Crippen LogP contribution < -0.4 is 10.1 Å². The van der Waals surface area contributed by atoms with Crippen LogP contribution in [-0.2, 0) is 0 Å². The molecule has 2 N–H and O–H groups in total. The second kappa shape index (κ2) is 5.39. The Morgan fingerprint density at radius 3 is 2.53 bits per heavy atom. The number of hydrogen-bond acceptors (Lipinski definition) is 3. The predicted octanol–water partition coefficient (Wildman–Crippen LogP) is 2.79. The molecule has 2 aromatic rings. The summed E-state index contributed by atoms with van der Waals surface area (Å²) in [5.74, 6) is -0.508. The molecule has 0 aliphatic heterocycles. The van der Waals surface area contributed by atoms with Crippen molar-refractivity contribution in [1.29, 1.82) is 0 Å². The number of amides is 1. The third-order valence-electron chi connectivity index (χ3n) is 2.55. The summed E-state index contributed by atoms with van der Waals surface area (Å²) in [5.41, 5.74) is 0.359. The molecule has 0 atom stereocenters. The molecule has 5 heteroatoms. The van der Waals surface area contributed by atoms with Gasteiger partial charge in [0, 0.05) is 11.6 Å². The number of ether oxygens (including phenoxy) is 1. The van der Waals surface area contributed by atoms with Crippen molar-refractivity contribution in [3.63, 3.8) is 0 Å². The largest absolute Gasteiger partial charge is 0.508 e. The van der Waals surface area contributed by atoms with Gasteiger partial charge >= 0.3 is 0 Å². The Labute approximate surface area is 109 Å². The number of benzene rings is 2. The van der Waals surface area contributed by atoms with Crippen molar-refractivity contribution in [2.24, 2.45) is 0 Å². The van der Waals surface area contributed by atoms with E-state index in [9.17, 15) is 9.18 Å². The lowest BCUT2D eigenvalue weighted by atomic mass is 10.2. The fourth-order valence-corrected chi connectivity index (χ4v) is 1.53. The van der Waals surface area contributed by atoms with Gasteiger partial charge in [-0.15, -0.1) is 0 Å². The van der Waals surface area contributed by atoms with Crippen LogP contribution in [0.2, 0.25) is 0 Å². The van der Waals surface area contributed by atoms with Gasteiger partial charge in [0.05, 0.1) is 12.8 Å². The molecule has 0 aliphatic rings. The highest BCUT2D eigenvalue weighted by atomic mass is 19.1. The Morgan fingerprint density at radius 2 is 1.89 bits per heavy atom. The number of nitrogens with one attached hydrogen (secondary N) is 1. The monoisotopic (exact) mass is 261 g/mol. The molecule has 19 heavy (non-hydrogen) atoms. The Morgan fingerprint density at radius 1 is 1.21 bits per heavy atom. The van der Waals surface area contributed by atoms with Crippen LogP contribution in [0, 0.1) is 5.82 Å². The summed E-state index contributed by atoms with van der Waals surface area (Å²) in [6, 6.07) is 9.74. The fourth-order valence-electron chi connectivity index (χ4n) is 1.53. The van der Waals surface area contributed by atoms with Crippen molar-refractivity contribution >= 4 is 11.6 Å². The second-order valence-electron chi connectivity index (χ2n) is 3.85. The summed E-state index contributed by atoms with van der Waals surface area (Å²) < 4.78 is 18.5. The van der Waals surface area contributed by atoms with Crippen molar-refractivity contribution in [3.05, 3.63) is 53.8 Å². The number of hydrogen-bond donors (Lipinski definition) is 2. The third kappa shape index (κ3) is 3.01. The van der Waals surface area contributed by atoms with Crippen molar-refractivity contribution in [2.45, 2.75) is 0 Å². The molecule has 0 heterocycles. The maximum atomic E-state index is 13.5. The number of methoxy groups -OCH3 is 1. The maximum absolute atomic E-state index is 13.5. The molecule has 0 saturated carbocycles. The minimum absolute atomic E-state index is 0.0393. The number of rotatable bonds is 3. The van der Waals surface area contributed by atoms with Crippen LogP contribution in [0.4, 0.5) is 10.1 Å². The van der Waals surface area contributed by atoms with Gasteiger partial charge in [-0.3, -0.25) is 4.79 Å². The van der Waals surface area contributed by atoms with E-state index in [1.807, 2.05) is 0 Å². The van der Waals surface area contributed by atoms with Gasteiger partial charge in [0.2, 0.25) is 0 Å². The van der Waals surface area contributed by atoms with Crippen LogP contribution in [0.5, 0.6) is 11.5 Å². The van der Waals surface area contributed by atoms with Gasteiger partial charge in [-0.05, 0) is 36.4 Å². The average molecular weight is 261 g/mol. The van der Waals surface area contributed by atoms with Gasteiger partial charge in [-0.2, -0.15) is 0 Å². The summed E-state index contributed by atoms with van der Waals surface area (Å²) >= 11 is 0. The first-order chi connectivity index (χ1) is 9.10. The summed E-state index contributed by atoms with van der Waals surface area (Å²) in [4.78, 5) is 11.9. The lowest BCUT2D eigenvalue weighted by molar-refractivity contribution is 0.102. The van der Waals surface area contributed by atoms with Gasteiger partial charge in [0.25, 0.3) is 5.91 Å². The molecule has 4 nitrogen and oxygen atoms in total. The average Bonchev–Trinajstić information content (AvgIpc) is 2.42. The summed E-state index contributed by atoms with van der Waals surface area (Å²) in [5, 5.41) is 11.6. The van der Waals surface area contributed by atoms with E-state index < -0.39 is 11.7 Å². The lowest BCUT2D eigenvalue weighted by Crippen LogP contribution is -2.12. The standard InChI is InChI=1S/C14H12FNO3/c1-19-11-6-7-12(15)13(8-11)16-14(18)9-2-4-10(17)5-3-9/h2-8,17H,1H3,(H,16,18). The second-order valence-corrected chi connectivity index (χ2v) is 3.85. The highest BCUT2D eigenvalue weighted by Crippen LogP contribution is 2.22. The molecule has 98 valence electrons. The Kier molecular flexibility index (Phi) is 3.66. The Bertz CT molecular complexity index is 596. The Balaban J connectivity index is 2.21. The van der Waals surface area contributed by atoms with E-state index in [2.05, 4.69) is 5.32 Å². The number of aromatic hydroxyl groups is 1. The van der Waals surface area contributed by atoms with Crippen LogP contribution in [0.15, 0.2) is 42.5 Å². The molecule has 1 amide bonds. The Hall–Kier alpha value is -2.56. The molecule has 0 spiro atoms. The quantitative estimate of drug-likeness (QED) is 0.893. The molecule has 0 radical (unpaired) electrons. The van der Waals surface area contributed by atoms with Crippen molar-refractivity contribution in [2.75, 3.05) is 12.4 Å². The molecule has 2 aromatic carbocycles. The molecule has 0 aromatic heterocycles. The zero-order chi connectivity index (χ0) is 13.8. The van der Waals surface area contributed by atoms with Crippen molar-refractivity contribution in [3.8, 4) is 11.5 Å². The molecule has 0 saturated heterocycles. The normalized spacial score (nSPS) is 10.0. The topological polar surface area (TPSA) is 58.6 Å². The molecule has 0 bridgehead atoms. The van der Waals surface area contributed by atoms with Gasteiger partial charge in [-0.1, -0.05) is 0 Å². The molecule has 0 aliphatic carbocycles. The van der Waals surface area contributed by atoms with Crippen LogP contribution >= 0.6 is 0 Å². The van der Waals surface area contributed by atoms with E-state index in [1.54, 1.807) is 0 Å². The fraction of sp³-hybridized carbons (Fsp3) is 0.0714. The van der Waals surface area contributed by atoms with Crippen LogP contribution in [-0.4, -0.2) is 18.1 Å². The first kappa shape index (κ1) is 12.9. The first-order valence-corrected chi connectivity index (χ1v) is 5.54. The minimum Gasteiger partial charge on any atom is -0.508 e. The minimum atomic E-state index is -0.548. The zero-order valence-electron chi connectivity index (χ0n) is 10.2. The number of anilines is 1. The number of phenols is 1. The van der Waals surface area contributed by atoms with Crippen molar-refractivity contribution < 1.29 is 19.0 Å². The molecule has 0 fully saturated rings. The van der Waals surface area contributed by atoms with E-state index in [0.29, 0.717) is 11.3 Å². The molecule has 0 unspecified atom stereocenters. The summed E-state index contributed by atoms with van der Waals surface area (Å²) in [6.45, 7) is 0. The summed E-state index contributed by atoms with van der Waals surface area (Å²) in [6.07, 6.45) is 0. The number of phenolic OH excluding ortho intramolecular Hbond substituents is 1. The number of carbonyl (C=O) groups excluding carboxylic acids is 1. The predicted molar refractivity (Wildman–Crippen MR) is 69.0 cm³/mol. The van der Waals surface area contributed by atoms with Crippen molar-refractivity contribution in [1.82, 2.24) is 0 Å². The molecular formula is C14H12FNO3. The number of carbonyl (C=O) groups is 1. The van der Waals surface area contributed by atoms with Crippen LogP contribution in [0.1, 0.15) is 10.4 Å². The smallest absolute Gasteiger partial charge is 0.255 e. The van der Waals surface area contributed by atoms with Gasteiger partial charge in [-0.25, -0.2) is 4.39 Å². The zero-order valence-corrected chi connectivity index (χ0v) is 10.2. The van der Waals surface area contributed by atoms with Gasteiger partial charge in [0.1, 0.15) is 17.3 Å². The summed E-state index contributed by atoms with van der Waals surface area (Å²) in [7, 11) is 1.46. The lowest BCUT2D eigenvalue weighted by Gasteiger charge is -2.08. The van der Waals surface area contributed by atoms with E-state index in [0.717, 1.165) is 0 Å². The first-order valence-electron chi connectivity index (χ1n) is 5.54. The van der Waals surface area contributed by atoms with E-state index in [1.165, 1.54) is 49.6 Å². The highest BCUT2D eigenvalue weighted by Gasteiger charge is 2.10. The van der Waals surface area contributed by atoms with Crippen LogP contribution in [0.3, 0.4) is 0 Å².